The third-order valence-electron chi connectivity index (χ3n) is 3.05. The van der Waals surface area contributed by atoms with Crippen molar-refractivity contribution in [2.45, 2.75) is 18.0 Å². The Hall–Kier alpha value is -1.15. The summed E-state index contributed by atoms with van der Waals surface area (Å²) in [7, 11) is -0.157. The number of sulfonamides is 1. The normalized spacial score (nSPS) is 12.0. The first-order chi connectivity index (χ1) is 9.95. The van der Waals surface area contributed by atoms with Gasteiger partial charge in [0, 0.05) is 30.2 Å². The average Bonchev–Trinajstić information content (AvgIpc) is 2.91. The molecular weight excluding hydrogens is 356 g/mol. The van der Waals surface area contributed by atoms with Crippen LogP contribution in [0.3, 0.4) is 0 Å². The van der Waals surface area contributed by atoms with Crippen molar-refractivity contribution in [3.63, 3.8) is 0 Å². The predicted molar refractivity (Wildman–Crippen MR) is 84.3 cm³/mol. The molecule has 0 saturated heterocycles. The molecular formula is C14H17BrN2O3S. The van der Waals surface area contributed by atoms with E-state index in [1.54, 1.807) is 25.2 Å². The highest BCUT2D eigenvalue weighted by atomic mass is 79.9. The summed E-state index contributed by atoms with van der Waals surface area (Å²) in [5, 5.41) is 3.03. The first-order valence-corrected chi connectivity index (χ1v) is 8.59. The minimum absolute atomic E-state index is 0.258. The summed E-state index contributed by atoms with van der Waals surface area (Å²) in [6.07, 6.45) is 3.06. The Morgan fingerprint density at radius 1 is 1.29 bits per heavy atom. The van der Waals surface area contributed by atoms with Crippen LogP contribution in [0, 0.1) is 0 Å². The molecule has 0 spiro atoms. The summed E-state index contributed by atoms with van der Waals surface area (Å²) < 4.78 is 32.0. The number of furan rings is 1. The van der Waals surface area contributed by atoms with E-state index in [9.17, 15) is 8.42 Å². The highest BCUT2D eigenvalue weighted by Crippen LogP contribution is 2.26. The van der Waals surface area contributed by atoms with Gasteiger partial charge in [-0.2, -0.15) is 4.31 Å². The van der Waals surface area contributed by atoms with E-state index in [0.717, 1.165) is 11.1 Å². The molecule has 21 heavy (non-hydrogen) atoms. The van der Waals surface area contributed by atoms with Crippen LogP contribution < -0.4 is 5.32 Å². The van der Waals surface area contributed by atoms with E-state index in [4.69, 9.17) is 4.42 Å². The summed E-state index contributed by atoms with van der Waals surface area (Å²) in [6, 6.07) is 6.99. The molecule has 1 heterocycles. The maximum Gasteiger partial charge on any atom is 0.244 e. The minimum Gasteiger partial charge on any atom is -0.472 e. The Kier molecular flexibility index (Phi) is 5.21. The van der Waals surface area contributed by atoms with Gasteiger partial charge in [-0.1, -0.05) is 6.07 Å². The van der Waals surface area contributed by atoms with Crippen molar-refractivity contribution >= 4 is 26.0 Å². The van der Waals surface area contributed by atoms with Crippen LogP contribution in [0.15, 0.2) is 50.6 Å². The zero-order chi connectivity index (χ0) is 15.5. The smallest absolute Gasteiger partial charge is 0.244 e. The number of hydrogen-bond acceptors (Lipinski definition) is 4. The number of rotatable bonds is 6. The van der Waals surface area contributed by atoms with E-state index in [1.165, 1.54) is 16.8 Å². The SMILES string of the molecule is CNCc1ccc(S(=O)(=O)N(C)Cc2ccoc2)c(Br)c1. The lowest BCUT2D eigenvalue weighted by atomic mass is 10.2. The number of nitrogens with zero attached hydrogens (tertiary/aromatic N) is 1. The molecule has 2 rings (SSSR count). The second-order valence-corrected chi connectivity index (χ2v) is 7.56. The van der Waals surface area contributed by atoms with E-state index < -0.39 is 10.0 Å². The molecule has 1 aromatic heterocycles. The van der Waals surface area contributed by atoms with Crippen LogP contribution in [0.1, 0.15) is 11.1 Å². The largest absolute Gasteiger partial charge is 0.472 e. The third-order valence-corrected chi connectivity index (χ3v) is 5.83. The third kappa shape index (κ3) is 3.74. The van der Waals surface area contributed by atoms with Gasteiger partial charge < -0.3 is 9.73 Å². The van der Waals surface area contributed by atoms with E-state index >= 15 is 0 Å². The van der Waals surface area contributed by atoms with E-state index in [0.29, 0.717) is 11.0 Å². The van der Waals surface area contributed by atoms with E-state index in [1.807, 2.05) is 13.1 Å². The molecule has 7 heteroatoms. The monoisotopic (exact) mass is 372 g/mol. The van der Waals surface area contributed by atoms with Gasteiger partial charge in [-0.25, -0.2) is 8.42 Å². The Morgan fingerprint density at radius 3 is 2.62 bits per heavy atom. The van der Waals surface area contributed by atoms with Crippen LogP contribution in [0.5, 0.6) is 0 Å². The summed E-state index contributed by atoms with van der Waals surface area (Å²) in [5.41, 5.74) is 1.82. The Bertz CT molecular complexity index is 699. The first-order valence-electron chi connectivity index (χ1n) is 6.35. The number of benzene rings is 1. The van der Waals surface area contributed by atoms with E-state index in [2.05, 4.69) is 21.2 Å². The molecule has 0 fully saturated rings. The zero-order valence-corrected chi connectivity index (χ0v) is 14.2. The lowest BCUT2D eigenvalue weighted by molar-refractivity contribution is 0.463. The van der Waals surface area contributed by atoms with Gasteiger partial charge in [0.15, 0.2) is 0 Å². The Morgan fingerprint density at radius 2 is 2.05 bits per heavy atom. The summed E-state index contributed by atoms with van der Waals surface area (Å²) in [5.74, 6) is 0. The average molecular weight is 373 g/mol. The first kappa shape index (κ1) is 16.2. The number of nitrogens with one attached hydrogen (secondary N) is 1. The summed E-state index contributed by atoms with van der Waals surface area (Å²) >= 11 is 3.35. The van der Waals surface area contributed by atoms with Crippen LogP contribution in [-0.4, -0.2) is 26.8 Å². The van der Waals surface area contributed by atoms with Crippen LogP contribution >= 0.6 is 15.9 Å². The molecule has 0 amide bonds. The van der Waals surface area contributed by atoms with Crippen molar-refractivity contribution in [3.05, 3.63) is 52.4 Å². The molecule has 0 unspecified atom stereocenters. The van der Waals surface area contributed by atoms with Gasteiger partial charge in [-0.15, -0.1) is 0 Å². The van der Waals surface area contributed by atoms with Gasteiger partial charge in [-0.05, 0) is 46.7 Å². The second kappa shape index (κ2) is 6.74. The standard InChI is InChI=1S/C14H17BrN2O3S/c1-16-8-11-3-4-14(13(15)7-11)21(18,19)17(2)9-12-5-6-20-10-12/h3-7,10,16H,8-9H2,1-2H3. The van der Waals surface area contributed by atoms with Crippen LogP contribution in [0.4, 0.5) is 0 Å². The van der Waals surface area contributed by atoms with Crippen molar-refractivity contribution in [3.8, 4) is 0 Å². The Labute approximate surface area is 133 Å². The van der Waals surface area contributed by atoms with Gasteiger partial charge in [0.2, 0.25) is 10.0 Å². The van der Waals surface area contributed by atoms with Crippen molar-refractivity contribution < 1.29 is 12.8 Å². The summed E-state index contributed by atoms with van der Waals surface area (Å²) in [6.45, 7) is 0.952. The molecule has 1 N–H and O–H groups in total. The highest BCUT2D eigenvalue weighted by Gasteiger charge is 2.23. The molecule has 0 radical (unpaired) electrons. The van der Waals surface area contributed by atoms with E-state index in [-0.39, 0.29) is 11.4 Å². The number of halogens is 1. The fraction of sp³-hybridized carbons (Fsp3) is 0.286. The topological polar surface area (TPSA) is 62.6 Å². The molecule has 114 valence electrons. The Balaban J connectivity index is 2.26. The molecule has 0 atom stereocenters. The minimum atomic E-state index is -3.55. The quantitative estimate of drug-likeness (QED) is 0.846. The lowest BCUT2D eigenvalue weighted by Gasteiger charge is -2.17. The van der Waals surface area contributed by atoms with Gasteiger partial charge in [0.1, 0.15) is 0 Å². The molecule has 1 aromatic carbocycles. The molecule has 5 nitrogen and oxygen atoms in total. The molecule has 0 aliphatic heterocycles. The highest BCUT2D eigenvalue weighted by molar-refractivity contribution is 9.10. The maximum atomic E-state index is 12.6. The number of hydrogen-bond donors (Lipinski definition) is 1. The van der Waals surface area contributed by atoms with Crippen LogP contribution in [-0.2, 0) is 23.1 Å². The second-order valence-electron chi connectivity index (χ2n) is 4.69. The zero-order valence-electron chi connectivity index (χ0n) is 11.8. The molecule has 0 aliphatic rings. The van der Waals surface area contributed by atoms with Gasteiger partial charge in [0.25, 0.3) is 0 Å². The predicted octanol–water partition coefficient (Wildman–Crippen LogP) is 2.58. The van der Waals surface area contributed by atoms with Gasteiger partial charge >= 0.3 is 0 Å². The van der Waals surface area contributed by atoms with Gasteiger partial charge in [0.05, 0.1) is 17.4 Å². The fourth-order valence-electron chi connectivity index (χ4n) is 1.96. The summed E-state index contributed by atoms with van der Waals surface area (Å²) in [4.78, 5) is 0.258. The molecule has 0 saturated carbocycles. The van der Waals surface area contributed by atoms with Crippen molar-refractivity contribution in [2.24, 2.45) is 0 Å². The van der Waals surface area contributed by atoms with Gasteiger partial charge in [-0.3, -0.25) is 0 Å². The van der Waals surface area contributed by atoms with Crippen molar-refractivity contribution in [1.29, 1.82) is 0 Å². The molecule has 0 bridgehead atoms. The molecule has 0 aliphatic carbocycles. The van der Waals surface area contributed by atoms with Crippen LogP contribution in [0.25, 0.3) is 0 Å². The fourth-order valence-corrected chi connectivity index (χ4v) is 4.20. The van der Waals surface area contributed by atoms with Crippen LogP contribution in [0.2, 0.25) is 0 Å². The lowest BCUT2D eigenvalue weighted by Crippen LogP contribution is -2.26. The maximum absolute atomic E-state index is 12.6. The van der Waals surface area contributed by atoms with Crippen molar-refractivity contribution in [2.75, 3.05) is 14.1 Å². The van der Waals surface area contributed by atoms with Crippen molar-refractivity contribution in [1.82, 2.24) is 9.62 Å². The molecule has 2 aromatic rings.